The summed E-state index contributed by atoms with van der Waals surface area (Å²) in [6.45, 7) is 12.7. The molecule has 0 aromatic heterocycles. The van der Waals surface area contributed by atoms with Gasteiger partial charge in [-0.1, -0.05) is 41.5 Å². The van der Waals surface area contributed by atoms with E-state index in [0.29, 0.717) is 11.3 Å². The van der Waals surface area contributed by atoms with Crippen molar-refractivity contribution in [3.8, 4) is 5.75 Å². The molecule has 15 heteroatoms. The van der Waals surface area contributed by atoms with E-state index in [2.05, 4.69) is 0 Å². The van der Waals surface area contributed by atoms with Crippen LogP contribution in [-0.4, -0.2) is 112 Å². The van der Waals surface area contributed by atoms with Crippen molar-refractivity contribution in [1.82, 2.24) is 9.80 Å². The third-order valence-corrected chi connectivity index (χ3v) is 9.78. The maximum Gasteiger partial charge on any atom is 0.413 e. The van der Waals surface area contributed by atoms with Crippen molar-refractivity contribution in [2.24, 2.45) is 28.4 Å². The van der Waals surface area contributed by atoms with Crippen LogP contribution in [0.1, 0.15) is 78.0 Å². The van der Waals surface area contributed by atoms with Crippen LogP contribution in [-0.2, 0) is 41.6 Å². The molecule has 1 fully saturated rings. The molecule has 6 N–H and O–H groups in total. The van der Waals surface area contributed by atoms with E-state index in [4.69, 9.17) is 15.2 Å². The number of amides is 2. The molecule has 4 rings (SSSR count). The highest BCUT2D eigenvalue weighted by Gasteiger charge is 2.64. The lowest BCUT2D eigenvalue weighted by Crippen LogP contribution is -2.65. The summed E-state index contributed by atoms with van der Waals surface area (Å²) in [5.74, 6) is -8.02. The van der Waals surface area contributed by atoms with Crippen molar-refractivity contribution in [1.29, 1.82) is 0 Å². The van der Waals surface area contributed by atoms with Crippen molar-refractivity contribution >= 4 is 41.0 Å². The van der Waals surface area contributed by atoms with Gasteiger partial charge >= 0.3 is 12.1 Å². The third kappa shape index (κ3) is 7.86. The number of carbonyl (C=O) groups is 5. The van der Waals surface area contributed by atoms with Crippen molar-refractivity contribution in [2.75, 3.05) is 39.6 Å². The SMILES string of the molecule is CC(OC(=O)CC(C)(C)C)OC(=O)N(Cc1cc(N(C)C)c2c(c1O)C(O)=C1C(=O)[C@]3(O)C(O)=C(C(N)=O)C(=O)[C@@H](N(C)C)[C@@H]3C[C@@H]1C2)CC(C)(C)C. The summed E-state index contributed by atoms with van der Waals surface area (Å²) in [6, 6.07) is 0.471. The van der Waals surface area contributed by atoms with E-state index in [1.54, 1.807) is 25.1 Å². The maximum absolute atomic E-state index is 14.3. The lowest BCUT2D eigenvalue weighted by molar-refractivity contribution is -0.168. The van der Waals surface area contributed by atoms with Crippen LogP contribution in [0.3, 0.4) is 0 Å². The smallest absolute Gasteiger partial charge is 0.413 e. The largest absolute Gasteiger partial charge is 0.508 e. The Hall–Kier alpha value is -4.63. The van der Waals surface area contributed by atoms with Crippen molar-refractivity contribution < 1.29 is 53.9 Å². The summed E-state index contributed by atoms with van der Waals surface area (Å²) in [7, 11) is 6.58. The highest BCUT2D eigenvalue weighted by molar-refractivity contribution is 6.24. The molecule has 0 bridgehead atoms. The number of ether oxygens (including phenoxy) is 2. The molecular weight excluding hydrogens is 688 g/mol. The van der Waals surface area contributed by atoms with E-state index in [1.807, 2.05) is 41.5 Å². The topological polar surface area (TPSA) is 220 Å². The minimum atomic E-state index is -2.78. The minimum absolute atomic E-state index is 0.0507. The molecule has 292 valence electrons. The molecule has 3 aliphatic rings. The van der Waals surface area contributed by atoms with Crippen LogP contribution < -0.4 is 10.6 Å². The number of aliphatic hydroxyl groups excluding tert-OH is 2. The zero-order valence-electron chi connectivity index (χ0n) is 32.5. The van der Waals surface area contributed by atoms with Crippen molar-refractivity contribution in [3.63, 3.8) is 0 Å². The van der Waals surface area contributed by atoms with Crippen molar-refractivity contribution in [3.05, 3.63) is 39.7 Å². The molecule has 1 aromatic rings. The molecule has 0 saturated heterocycles. The lowest BCUT2D eigenvalue weighted by atomic mass is 9.57. The quantitative estimate of drug-likeness (QED) is 0.139. The van der Waals surface area contributed by atoms with Crippen molar-refractivity contribution in [2.45, 2.75) is 92.2 Å². The lowest BCUT2D eigenvalue weighted by Gasteiger charge is -2.50. The van der Waals surface area contributed by atoms with Gasteiger partial charge in [0.15, 0.2) is 11.4 Å². The fraction of sp³-hybridized carbons (Fsp3) is 0.605. The maximum atomic E-state index is 14.3. The second kappa shape index (κ2) is 14.3. The van der Waals surface area contributed by atoms with Crippen LogP contribution in [0.4, 0.5) is 10.5 Å². The summed E-state index contributed by atoms with van der Waals surface area (Å²) in [6.07, 6.45) is -1.89. The molecule has 1 aromatic carbocycles. The Bertz CT molecular complexity index is 1780. The van der Waals surface area contributed by atoms with Gasteiger partial charge in [0, 0.05) is 50.3 Å². The fourth-order valence-corrected chi connectivity index (χ4v) is 7.73. The molecular formula is C38H54N4O11. The summed E-state index contributed by atoms with van der Waals surface area (Å²) >= 11 is 0. The van der Waals surface area contributed by atoms with E-state index in [9.17, 15) is 44.4 Å². The minimum Gasteiger partial charge on any atom is -0.508 e. The van der Waals surface area contributed by atoms with Gasteiger partial charge in [0.05, 0.1) is 24.6 Å². The highest BCUT2D eigenvalue weighted by atomic mass is 16.7. The molecule has 15 nitrogen and oxygen atoms in total. The second-order valence-electron chi connectivity index (χ2n) is 17.2. The van der Waals surface area contributed by atoms with Gasteiger partial charge in [0.25, 0.3) is 5.91 Å². The van der Waals surface area contributed by atoms with E-state index in [-0.39, 0.29) is 54.5 Å². The number of hydrogen-bond donors (Lipinski definition) is 5. The number of aliphatic hydroxyl groups is 3. The molecule has 0 radical (unpaired) electrons. The molecule has 0 aliphatic heterocycles. The van der Waals surface area contributed by atoms with Gasteiger partial charge in [0.2, 0.25) is 12.1 Å². The van der Waals surface area contributed by atoms with Crippen LogP contribution in [0.15, 0.2) is 23.0 Å². The summed E-state index contributed by atoms with van der Waals surface area (Å²) in [5.41, 5.74) is 1.80. The van der Waals surface area contributed by atoms with Gasteiger partial charge in [-0.05, 0) is 55.3 Å². The van der Waals surface area contributed by atoms with Gasteiger partial charge in [-0.15, -0.1) is 0 Å². The summed E-state index contributed by atoms with van der Waals surface area (Å²) in [4.78, 5) is 70.6. The van der Waals surface area contributed by atoms with Crippen LogP contribution in [0.5, 0.6) is 5.75 Å². The average Bonchev–Trinajstić information content (AvgIpc) is 2.97. The standard InChI is InChI=1S/C38H54N4O11/c1-18(52-24(43)15-36(2,3)4)53-35(50)42(17-37(5,6)7)16-20-14-23(40(8)9)21-12-19-13-22-28(41(10)11)31(46)27(34(39)49)33(48)38(22,51)32(47)25(19)30(45)26(21)29(20)44/h14,18-19,22,28,44-45,48,51H,12-13,15-17H2,1-11H3,(H2,39,49)/t18?,19-,22-,28-,38-/m0/s1. The van der Waals surface area contributed by atoms with Gasteiger partial charge in [0.1, 0.15) is 22.8 Å². The van der Waals surface area contributed by atoms with Crippen LogP contribution in [0.25, 0.3) is 5.76 Å². The number of rotatable bonds is 9. The number of anilines is 1. The number of aromatic hydroxyl groups is 1. The fourth-order valence-electron chi connectivity index (χ4n) is 7.73. The number of likely N-dealkylation sites (N-methyl/N-ethyl adjacent to an activating group) is 1. The monoisotopic (exact) mass is 742 g/mol. The van der Waals surface area contributed by atoms with Crippen LogP contribution in [0.2, 0.25) is 0 Å². The number of primary amides is 1. The Balaban J connectivity index is 1.81. The van der Waals surface area contributed by atoms with Crippen LogP contribution >= 0.6 is 0 Å². The van der Waals surface area contributed by atoms with Gasteiger partial charge < -0.3 is 45.4 Å². The Morgan fingerprint density at radius 1 is 1.00 bits per heavy atom. The molecule has 53 heavy (non-hydrogen) atoms. The first kappa shape index (κ1) is 41.1. The number of Topliss-reactive ketones (excluding diaryl/α,β-unsaturated/α-hetero) is 2. The molecule has 3 aliphatic carbocycles. The highest BCUT2D eigenvalue weighted by Crippen LogP contribution is 2.54. The first-order valence-electron chi connectivity index (χ1n) is 17.6. The Labute approximate surface area is 310 Å². The predicted octanol–water partition coefficient (Wildman–Crippen LogP) is 3.34. The Morgan fingerprint density at radius 3 is 2.11 bits per heavy atom. The van der Waals surface area contributed by atoms with E-state index in [1.165, 1.54) is 30.8 Å². The molecule has 2 amide bonds. The van der Waals surface area contributed by atoms with E-state index < -0.39 is 87.6 Å². The van der Waals surface area contributed by atoms with Gasteiger partial charge in [-0.2, -0.15) is 0 Å². The Kier molecular flexibility index (Phi) is 11.1. The average molecular weight is 743 g/mol. The number of benzene rings is 1. The Morgan fingerprint density at radius 2 is 1.60 bits per heavy atom. The van der Waals surface area contributed by atoms with E-state index >= 15 is 0 Å². The first-order valence-corrected chi connectivity index (χ1v) is 17.6. The molecule has 0 heterocycles. The second-order valence-corrected chi connectivity index (χ2v) is 17.2. The predicted molar refractivity (Wildman–Crippen MR) is 195 cm³/mol. The molecule has 1 saturated carbocycles. The number of fused-ring (bicyclic) bond motifs is 3. The normalized spacial score (nSPS) is 23.6. The zero-order valence-corrected chi connectivity index (χ0v) is 32.5. The summed E-state index contributed by atoms with van der Waals surface area (Å²) in [5, 5.41) is 46.9. The third-order valence-electron chi connectivity index (χ3n) is 9.78. The molecule has 5 atom stereocenters. The number of nitrogens with zero attached hydrogens (tertiary/aromatic N) is 3. The number of carbonyl (C=O) groups excluding carboxylic acids is 5. The number of esters is 1. The van der Waals surface area contributed by atoms with E-state index in [0.717, 1.165) is 0 Å². The number of hydrogen-bond acceptors (Lipinski definition) is 13. The zero-order chi connectivity index (χ0) is 40.3. The molecule has 1 unspecified atom stereocenters. The van der Waals surface area contributed by atoms with Crippen LogP contribution in [0, 0.1) is 22.7 Å². The number of phenols is 1. The summed E-state index contributed by atoms with van der Waals surface area (Å²) < 4.78 is 10.8. The van der Waals surface area contributed by atoms with Gasteiger partial charge in [-0.25, -0.2) is 4.79 Å². The molecule has 0 spiro atoms. The number of nitrogens with two attached hydrogens (primary N) is 1. The van der Waals surface area contributed by atoms with Gasteiger partial charge in [-0.3, -0.25) is 24.1 Å². The number of ketones is 2. The first-order chi connectivity index (χ1) is 24.2. The number of phenolic OH excluding ortho intramolecular Hbond substituents is 1.